The Hall–Kier alpha value is -1.39. The van der Waals surface area contributed by atoms with Gasteiger partial charge < -0.3 is 10.6 Å². The van der Waals surface area contributed by atoms with E-state index in [2.05, 4.69) is 43.0 Å². The number of rotatable bonds is 4. The van der Waals surface area contributed by atoms with Gasteiger partial charge in [-0.3, -0.25) is 9.69 Å². The molecular weight excluding hydrogens is 262 g/mol. The Bertz CT molecular complexity index is 471. The van der Waals surface area contributed by atoms with Crippen LogP contribution < -0.4 is 5.73 Å². The maximum atomic E-state index is 12.3. The van der Waals surface area contributed by atoms with E-state index in [0.29, 0.717) is 19.0 Å². The van der Waals surface area contributed by atoms with Crippen LogP contribution in [0, 0.1) is 12.8 Å². The zero-order valence-electron chi connectivity index (χ0n) is 13.4. The van der Waals surface area contributed by atoms with E-state index in [0.717, 1.165) is 19.5 Å². The largest absolute Gasteiger partial charge is 0.340 e. The minimum Gasteiger partial charge on any atom is -0.340 e. The fourth-order valence-corrected chi connectivity index (χ4v) is 2.76. The first kappa shape index (κ1) is 16.0. The van der Waals surface area contributed by atoms with E-state index in [4.69, 9.17) is 5.73 Å². The maximum Gasteiger partial charge on any atom is 0.236 e. The van der Waals surface area contributed by atoms with E-state index in [1.54, 1.807) is 0 Å². The van der Waals surface area contributed by atoms with Gasteiger partial charge in [-0.15, -0.1) is 0 Å². The molecule has 2 unspecified atom stereocenters. The molecule has 1 heterocycles. The number of aryl methyl sites for hydroxylation is 1. The van der Waals surface area contributed by atoms with E-state index in [9.17, 15) is 4.79 Å². The third-order valence-electron chi connectivity index (χ3n) is 4.38. The molecule has 1 saturated heterocycles. The SMILES string of the molecule is Cc1ccc(CN(C)C(=O)CN2CCC(N)C(C)C2)cc1. The fraction of sp³-hybridized carbons (Fsp3) is 0.588. The lowest BCUT2D eigenvalue weighted by Crippen LogP contribution is -2.49. The normalized spacial score (nSPS) is 23.0. The van der Waals surface area contributed by atoms with Crippen molar-refractivity contribution < 1.29 is 4.79 Å². The third-order valence-corrected chi connectivity index (χ3v) is 4.38. The number of hydrogen-bond donors (Lipinski definition) is 1. The highest BCUT2D eigenvalue weighted by Crippen LogP contribution is 2.15. The number of carbonyl (C=O) groups is 1. The van der Waals surface area contributed by atoms with Gasteiger partial charge in [0.25, 0.3) is 0 Å². The first-order valence-electron chi connectivity index (χ1n) is 7.73. The number of piperidine rings is 1. The van der Waals surface area contributed by atoms with Gasteiger partial charge in [-0.1, -0.05) is 36.8 Å². The predicted molar refractivity (Wildman–Crippen MR) is 85.8 cm³/mol. The molecule has 4 nitrogen and oxygen atoms in total. The Kier molecular flexibility index (Phi) is 5.37. The van der Waals surface area contributed by atoms with Crippen molar-refractivity contribution in [2.75, 3.05) is 26.7 Å². The molecule has 2 N–H and O–H groups in total. The summed E-state index contributed by atoms with van der Waals surface area (Å²) in [7, 11) is 1.88. The highest BCUT2D eigenvalue weighted by Gasteiger charge is 2.25. The summed E-state index contributed by atoms with van der Waals surface area (Å²) < 4.78 is 0. The maximum absolute atomic E-state index is 12.3. The summed E-state index contributed by atoms with van der Waals surface area (Å²) >= 11 is 0. The average molecular weight is 289 g/mol. The Morgan fingerprint density at radius 2 is 2.05 bits per heavy atom. The van der Waals surface area contributed by atoms with Gasteiger partial charge in [0.2, 0.25) is 5.91 Å². The van der Waals surface area contributed by atoms with Gasteiger partial charge >= 0.3 is 0 Å². The van der Waals surface area contributed by atoms with E-state index in [-0.39, 0.29) is 11.9 Å². The van der Waals surface area contributed by atoms with Crippen molar-refractivity contribution in [3.63, 3.8) is 0 Å². The van der Waals surface area contributed by atoms with Crippen molar-refractivity contribution in [3.05, 3.63) is 35.4 Å². The number of carbonyl (C=O) groups excluding carboxylic acids is 1. The zero-order valence-corrected chi connectivity index (χ0v) is 13.4. The highest BCUT2D eigenvalue weighted by atomic mass is 16.2. The van der Waals surface area contributed by atoms with Gasteiger partial charge in [0.1, 0.15) is 0 Å². The molecule has 21 heavy (non-hydrogen) atoms. The van der Waals surface area contributed by atoms with Crippen LogP contribution in [0.25, 0.3) is 0 Å². The smallest absolute Gasteiger partial charge is 0.236 e. The number of nitrogens with two attached hydrogens (primary N) is 1. The molecule has 1 aromatic carbocycles. The van der Waals surface area contributed by atoms with Crippen LogP contribution in [0.1, 0.15) is 24.5 Å². The second-order valence-corrected chi connectivity index (χ2v) is 6.40. The van der Waals surface area contributed by atoms with Gasteiger partial charge in [-0.25, -0.2) is 0 Å². The molecule has 0 aliphatic carbocycles. The van der Waals surface area contributed by atoms with Gasteiger partial charge in [0, 0.05) is 32.7 Å². The number of nitrogens with zero attached hydrogens (tertiary/aromatic N) is 2. The second-order valence-electron chi connectivity index (χ2n) is 6.40. The lowest BCUT2D eigenvalue weighted by Gasteiger charge is -2.35. The Balaban J connectivity index is 1.83. The Morgan fingerprint density at radius 3 is 2.67 bits per heavy atom. The number of likely N-dealkylation sites (N-methyl/N-ethyl adjacent to an activating group) is 1. The monoisotopic (exact) mass is 289 g/mol. The van der Waals surface area contributed by atoms with E-state index >= 15 is 0 Å². The molecule has 1 fully saturated rings. The van der Waals surface area contributed by atoms with Crippen LogP contribution in [0.3, 0.4) is 0 Å². The summed E-state index contributed by atoms with van der Waals surface area (Å²) in [5.74, 6) is 0.646. The van der Waals surface area contributed by atoms with Crippen molar-refractivity contribution in [1.82, 2.24) is 9.80 Å². The molecule has 1 aliphatic heterocycles. The molecule has 2 rings (SSSR count). The summed E-state index contributed by atoms with van der Waals surface area (Å²) in [6.07, 6.45) is 0.982. The Labute approximate surface area is 127 Å². The molecule has 1 aliphatic rings. The van der Waals surface area contributed by atoms with Gasteiger partial charge in [-0.2, -0.15) is 0 Å². The van der Waals surface area contributed by atoms with Crippen molar-refractivity contribution in [3.8, 4) is 0 Å². The molecule has 0 spiro atoms. The molecule has 1 aromatic rings. The summed E-state index contributed by atoms with van der Waals surface area (Å²) in [6, 6.07) is 8.62. The molecule has 2 atom stereocenters. The molecule has 0 aromatic heterocycles. The molecular formula is C17H27N3O. The summed E-state index contributed by atoms with van der Waals surface area (Å²) in [5, 5.41) is 0. The van der Waals surface area contributed by atoms with E-state index in [1.165, 1.54) is 11.1 Å². The van der Waals surface area contributed by atoms with Crippen molar-refractivity contribution >= 4 is 5.91 Å². The van der Waals surface area contributed by atoms with E-state index in [1.807, 2.05) is 11.9 Å². The Morgan fingerprint density at radius 1 is 1.38 bits per heavy atom. The van der Waals surface area contributed by atoms with Gasteiger partial charge in [-0.05, 0) is 24.8 Å². The second kappa shape index (κ2) is 7.05. The number of hydrogen-bond acceptors (Lipinski definition) is 3. The van der Waals surface area contributed by atoms with Crippen LogP contribution in [-0.2, 0) is 11.3 Å². The van der Waals surface area contributed by atoms with Crippen molar-refractivity contribution in [1.29, 1.82) is 0 Å². The number of likely N-dealkylation sites (tertiary alicyclic amines) is 1. The quantitative estimate of drug-likeness (QED) is 0.916. The van der Waals surface area contributed by atoms with E-state index < -0.39 is 0 Å². The summed E-state index contributed by atoms with van der Waals surface area (Å²) in [5.41, 5.74) is 8.44. The van der Waals surface area contributed by atoms with Gasteiger partial charge in [0.15, 0.2) is 0 Å². The van der Waals surface area contributed by atoms with Crippen LogP contribution >= 0.6 is 0 Å². The van der Waals surface area contributed by atoms with Crippen LogP contribution in [-0.4, -0.2) is 48.4 Å². The topological polar surface area (TPSA) is 49.6 Å². The molecule has 1 amide bonds. The standard InChI is InChI=1S/C17H27N3O/c1-13-4-6-15(7-5-13)11-19(3)17(21)12-20-9-8-16(18)14(2)10-20/h4-7,14,16H,8-12,18H2,1-3H3. The molecule has 4 heteroatoms. The lowest BCUT2D eigenvalue weighted by molar-refractivity contribution is -0.132. The molecule has 0 radical (unpaired) electrons. The van der Waals surface area contributed by atoms with Crippen LogP contribution in [0.4, 0.5) is 0 Å². The highest BCUT2D eigenvalue weighted by molar-refractivity contribution is 5.78. The van der Waals surface area contributed by atoms with Crippen molar-refractivity contribution in [2.45, 2.75) is 32.9 Å². The van der Waals surface area contributed by atoms with Crippen LogP contribution in [0.15, 0.2) is 24.3 Å². The fourth-order valence-electron chi connectivity index (χ4n) is 2.76. The van der Waals surface area contributed by atoms with Crippen LogP contribution in [0.2, 0.25) is 0 Å². The minimum atomic E-state index is 0.179. The molecule has 116 valence electrons. The summed E-state index contributed by atoms with van der Waals surface area (Å²) in [4.78, 5) is 16.4. The van der Waals surface area contributed by atoms with Gasteiger partial charge in [0.05, 0.1) is 6.54 Å². The summed E-state index contributed by atoms with van der Waals surface area (Å²) in [6.45, 7) is 7.25. The molecule has 0 bridgehead atoms. The lowest BCUT2D eigenvalue weighted by atomic mass is 9.95. The predicted octanol–water partition coefficient (Wildman–Crippen LogP) is 1.62. The number of amides is 1. The third kappa shape index (κ3) is 4.55. The molecule has 0 saturated carbocycles. The van der Waals surface area contributed by atoms with Crippen molar-refractivity contribution in [2.24, 2.45) is 11.7 Å². The zero-order chi connectivity index (χ0) is 15.4. The average Bonchev–Trinajstić information content (AvgIpc) is 2.45. The minimum absolute atomic E-state index is 0.179. The first-order chi connectivity index (χ1) is 9.95. The van der Waals surface area contributed by atoms with Crippen LogP contribution in [0.5, 0.6) is 0 Å². The first-order valence-corrected chi connectivity index (χ1v) is 7.73. The number of benzene rings is 1.